The molecule has 11 nitrogen and oxygen atoms in total. The number of hydrogen-bond donors (Lipinski definition) is 3. The first-order valence-electron chi connectivity index (χ1n) is 14.6. The molecule has 1 saturated heterocycles. The molecule has 0 radical (unpaired) electrons. The Balaban J connectivity index is 1.44. The zero-order valence-corrected chi connectivity index (χ0v) is 24.8. The van der Waals surface area contributed by atoms with E-state index in [9.17, 15) is 19.1 Å². The van der Waals surface area contributed by atoms with Gasteiger partial charge in [-0.25, -0.2) is 19.1 Å². The number of likely N-dealkylation sites (tertiary alicyclic amines) is 1. The predicted molar refractivity (Wildman–Crippen MR) is 162 cm³/mol. The fourth-order valence-corrected chi connectivity index (χ4v) is 4.75. The molecule has 2 amide bonds. The highest BCUT2D eigenvalue weighted by Crippen LogP contribution is 2.34. The lowest BCUT2D eigenvalue weighted by Gasteiger charge is -2.26. The summed E-state index contributed by atoms with van der Waals surface area (Å²) in [6, 6.07) is 10.3. The Morgan fingerprint density at radius 2 is 1.91 bits per heavy atom. The van der Waals surface area contributed by atoms with Crippen molar-refractivity contribution in [3.8, 4) is 11.5 Å². The van der Waals surface area contributed by atoms with Gasteiger partial charge >= 0.3 is 6.09 Å². The number of nitrogens with one attached hydrogen (secondary N) is 2. The highest BCUT2D eigenvalue weighted by molar-refractivity contribution is 5.99. The molecule has 4 rings (SSSR count). The average Bonchev–Trinajstić information content (AvgIpc) is 3.01. The summed E-state index contributed by atoms with van der Waals surface area (Å²) >= 11 is 0. The van der Waals surface area contributed by atoms with Crippen LogP contribution < -0.4 is 25.0 Å². The van der Waals surface area contributed by atoms with Crippen molar-refractivity contribution in [2.24, 2.45) is 0 Å². The van der Waals surface area contributed by atoms with Crippen LogP contribution in [0, 0.1) is 5.82 Å². The molecule has 1 aliphatic heterocycles. The highest BCUT2D eigenvalue weighted by atomic mass is 19.1. The van der Waals surface area contributed by atoms with Crippen LogP contribution in [-0.4, -0.2) is 71.4 Å². The lowest BCUT2D eigenvalue weighted by Crippen LogP contribution is -2.32. The van der Waals surface area contributed by atoms with Gasteiger partial charge in [0, 0.05) is 42.2 Å². The van der Waals surface area contributed by atoms with E-state index >= 15 is 0 Å². The van der Waals surface area contributed by atoms with Gasteiger partial charge < -0.3 is 30.1 Å². The monoisotopic (exact) mass is 594 g/mol. The lowest BCUT2D eigenvalue weighted by molar-refractivity contribution is 0.0939. The Labute approximate surface area is 251 Å². The van der Waals surface area contributed by atoms with Crippen molar-refractivity contribution in [2.75, 3.05) is 43.6 Å². The fraction of sp³-hybridized carbons (Fsp3) is 0.419. The summed E-state index contributed by atoms with van der Waals surface area (Å²) in [6.45, 7) is 7.43. The number of anilines is 4. The Morgan fingerprint density at radius 1 is 1.12 bits per heavy atom. The number of halogens is 1. The SMILES string of the molecule is CCC(C)NC(=O)c1ccc(N(C(=O)O)c2ccnc(Nc3ccc(OCCCN4CCCCC4)c(F)c3)n2)c(OC)c1. The molecule has 2 heterocycles. The molecule has 2 aromatic carbocycles. The Kier molecular flexibility index (Phi) is 11.1. The second-order valence-corrected chi connectivity index (χ2v) is 10.4. The zero-order valence-electron chi connectivity index (χ0n) is 24.8. The average molecular weight is 595 g/mol. The van der Waals surface area contributed by atoms with E-state index in [2.05, 4.69) is 25.5 Å². The number of aromatic nitrogens is 2. The predicted octanol–water partition coefficient (Wildman–Crippen LogP) is 5.97. The quantitative estimate of drug-likeness (QED) is 0.205. The van der Waals surface area contributed by atoms with E-state index in [0.29, 0.717) is 17.9 Å². The van der Waals surface area contributed by atoms with E-state index in [1.807, 2.05) is 13.8 Å². The highest BCUT2D eigenvalue weighted by Gasteiger charge is 2.24. The second-order valence-electron chi connectivity index (χ2n) is 10.4. The number of rotatable bonds is 13. The van der Waals surface area contributed by atoms with E-state index in [1.165, 1.54) is 69.0 Å². The minimum atomic E-state index is -1.33. The molecule has 1 atom stereocenters. The van der Waals surface area contributed by atoms with Gasteiger partial charge in [0.25, 0.3) is 5.91 Å². The van der Waals surface area contributed by atoms with Crippen LogP contribution in [0.15, 0.2) is 48.7 Å². The van der Waals surface area contributed by atoms with Crippen LogP contribution in [0.1, 0.15) is 56.3 Å². The van der Waals surface area contributed by atoms with Crippen LogP contribution in [0.3, 0.4) is 0 Å². The molecule has 3 N–H and O–H groups in total. The number of amides is 2. The first-order valence-corrected chi connectivity index (χ1v) is 14.6. The third-order valence-electron chi connectivity index (χ3n) is 7.25. The van der Waals surface area contributed by atoms with Crippen LogP contribution in [0.2, 0.25) is 0 Å². The zero-order chi connectivity index (χ0) is 30.8. The number of carbonyl (C=O) groups excluding carboxylic acids is 1. The number of methoxy groups -OCH3 is 1. The van der Waals surface area contributed by atoms with Crippen molar-refractivity contribution in [2.45, 2.75) is 52.0 Å². The topological polar surface area (TPSA) is 129 Å². The second kappa shape index (κ2) is 15.1. The van der Waals surface area contributed by atoms with Crippen molar-refractivity contribution < 1.29 is 28.6 Å². The van der Waals surface area contributed by atoms with Gasteiger partial charge in [-0.2, -0.15) is 4.98 Å². The molecular weight excluding hydrogens is 555 g/mol. The van der Waals surface area contributed by atoms with E-state index < -0.39 is 11.9 Å². The van der Waals surface area contributed by atoms with Crippen molar-refractivity contribution in [3.63, 3.8) is 0 Å². The largest absolute Gasteiger partial charge is 0.495 e. The van der Waals surface area contributed by atoms with Crippen LogP contribution in [-0.2, 0) is 0 Å². The molecule has 1 fully saturated rings. The summed E-state index contributed by atoms with van der Waals surface area (Å²) in [5.74, 6) is -0.425. The van der Waals surface area contributed by atoms with Gasteiger partial charge in [-0.3, -0.25) is 4.79 Å². The van der Waals surface area contributed by atoms with Gasteiger partial charge in [0.1, 0.15) is 11.6 Å². The number of piperidine rings is 1. The summed E-state index contributed by atoms with van der Waals surface area (Å²) in [7, 11) is 1.39. The normalized spacial score (nSPS) is 14.0. The summed E-state index contributed by atoms with van der Waals surface area (Å²) in [5, 5.41) is 15.9. The minimum Gasteiger partial charge on any atom is -0.495 e. The van der Waals surface area contributed by atoms with Gasteiger partial charge in [-0.1, -0.05) is 13.3 Å². The molecule has 3 aromatic rings. The van der Waals surface area contributed by atoms with Gasteiger partial charge in [0.2, 0.25) is 5.95 Å². The van der Waals surface area contributed by atoms with Crippen LogP contribution >= 0.6 is 0 Å². The van der Waals surface area contributed by atoms with E-state index in [0.717, 1.165) is 37.4 Å². The number of ether oxygens (including phenoxy) is 2. The van der Waals surface area contributed by atoms with Crippen LogP contribution in [0.4, 0.5) is 32.3 Å². The lowest BCUT2D eigenvalue weighted by atomic mass is 10.1. The molecule has 43 heavy (non-hydrogen) atoms. The van der Waals surface area contributed by atoms with E-state index in [4.69, 9.17) is 9.47 Å². The Hall–Kier alpha value is -4.45. The number of benzene rings is 2. The summed E-state index contributed by atoms with van der Waals surface area (Å²) < 4.78 is 25.9. The van der Waals surface area contributed by atoms with Crippen LogP contribution in [0.25, 0.3) is 0 Å². The number of nitrogens with zero attached hydrogens (tertiary/aromatic N) is 4. The fourth-order valence-electron chi connectivity index (χ4n) is 4.75. The molecule has 1 unspecified atom stereocenters. The number of carboxylic acid groups (broad SMARTS) is 1. The molecule has 0 aliphatic carbocycles. The van der Waals surface area contributed by atoms with Gasteiger partial charge in [-0.05, 0) is 76.0 Å². The molecule has 1 aliphatic rings. The van der Waals surface area contributed by atoms with Gasteiger partial charge in [0.05, 0.1) is 19.4 Å². The van der Waals surface area contributed by atoms with Gasteiger partial charge in [0.15, 0.2) is 11.6 Å². The number of hydrogen-bond acceptors (Lipinski definition) is 8. The maximum Gasteiger partial charge on any atom is 0.417 e. The Bertz CT molecular complexity index is 1400. The Morgan fingerprint density at radius 3 is 2.60 bits per heavy atom. The van der Waals surface area contributed by atoms with Crippen molar-refractivity contribution >= 4 is 35.1 Å². The van der Waals surface area contributed by atoms with Crippen molar-refractivity contribution in [1.82, 2.24) is 20.2 Å². The minimum absolute atomic E-state index is 0.0212. The molecule has 230 valence electrons. The number of carbonyl (C=O) groups is 2. The van der Waals surface area contributed by atoms with Crippen LogP contribution in [0.5, 0.6) is 11.5 Å². The third-order valence-corrected chi connectivity index (χ3v) is 7.25. The molecular formula is C31H39FN6O5. The first kappa shape index (κ1) is 31.5. The summed E-state index contributed by atoms with van der Waals surface area (Å²) in [4.78, 5) is 36.8. The molecule has 0 saturated carbocycles. The standard InChI is InChI=1S/C31H39FN6O5/c1-4-21(2)34-29(39)22-9-11-25(27(19-22)42-3)38(31(40)41)28-13-14-33-30(36-28)35-23-10-12-26(24(32)20-23)43-18-8-17-37-15-6-5-7-16-37/h9-14,19-21H,4-8,15-18H2,1-3H3,(H,34,39)(H,40,41)(H,33,35,36). The van der Waals surface area contributed by atoms with Crippen molar-refractivity contribution in [3.05, 3.63) is 60.0 Å². The maximum absolute atomic E-state index is 14.8. The van der Waals surface area contributed by atoms with Gasteiger partial charge in [-0.15, -0.1) is 0 Å². The first-order chi connectivity index (χ1) is 20.8. The van der Waals surface area contributed by atoms with Crippen molar-refractivity contribution in [1.29, 1.82) is 0 Å². The molecule has 12 heteroatoms. The maximum atomic E-state index is 14.8. The molecule has 0 bridgehead atoms. The molecule has 1 aromatic heterocycles. The van der Waals surface area contributed by atoms with E-state index in [-0.39, 0.29) is 40.9 Å². The summed E-state index contributed by atoms with van der Waals surface area (Å²) in [6.07, 6.45) is 5.38. The van der Waals surface area contributed by atoms with E-state index in [1.54, 1.807) is 6.07 Å². The smallest absolute Gasteiger partial charge is 0.417 e. The summed E-state index contributed by atoms with van der Waals surface area (Å²) in [5.41, 5.74) is 0.853. The molecule has 0 spiro atoms. The third kappa shape index (κ3) is 8.54.